The van der Waals surface area contributed by atoms with Gasteiger partial charge >= 0.3 is 0 Å². The Bertz CT molecular complexity index is 870. The van der Waals surface area contributed by atoms with Crippen molar-refractivity contribution in [3.63, 3.8) is 0 Å². The molecule has 24 heavy (non-hydrogen) atoms. The topological polar surface area (TPSA) is 86.5 Å². The molecule has 2 aromatic heterocycles. The number of nitriles is 1. The van der Waals surface area contributed by atoms with Crippen LogP contribution in [0.1, 0.15) is 16.8 Å². The van der Waals surface area contributed by atoms with Crippen molar-refractivity contribution in [2.45, 2.75) is 13.5 Å². The Morgan fingerprint density at radius 3 is 2.79 bits per heavy atom. The Morgan fingerprint density at radius 1 is 1.12 bits per heavy atom. The molecular weight excluding hydrogens is 300 g/mol. The van der Waals surface area contributed by atoms with Crippen LogP contribution in [0.15, 0.2) is 54.9 Å². The lowest BCUT2D eigenvalue weighted by atomic mass is 10.2. The van der Waals surface area contributed by atoms with Gasteiger partial charge in [-0.05, 0) is 30.7 Å². The van der Waals surface area contributed by atoms with Gasteiger partial charge < -0.3 is 10.6 Å². The monoisotopic (exact) mass is 316 g/mol. The largest absolute Gasteiger partial charge is 0.366 e. The van der Waals surface area contributed by atoms with Crippen LogP contribution in [0.3, 0.4) is 0 Å². The molecule has 0 aliphatic rings. The molecule has 0 bridgehead atoms. The lowest BCUT2D eigenvalue weighted by Crippen LogP contribution is -2.06. The summed E-state index contributed by atoms with van der Waals surface area (Å²) in [5, 5.41) is 15.5. The van der Waals surface area contributed by atoms with Crippen LogP contribution in [0.5, 0.6) is 0 Å². The average Bonchev–Trinajstić information content (AvgIpc) is 2.61. The number of anilines is 3. The summed E-state index contributed by atoms with van der Waals surface area (Å²) in [6.07, 6.45) is 3.55. The van der Waals surface area contributed by atoms with E-state index in [-0.39, 0.29) is 0 Å². The number of hydrogen-bond acceptors (Lipinski definition) is 6. The van der Waals surface area contributed by atoms with Crippen molar-refractivity contribution in [1.82, 2.24) is 15.0 Å². The summed E-state index contributed by atoms with van der Waals surface area (Å²) in [5.41, 5.74) is 3.13. The smallest absolute Gasteiger partial charge is 0.229 e. The molecule has 0 saturated heterocycles. The van der Waals surface area contributed by atoms with Crippen LogP contribution in [-0.2, 0) is 6.54 Å². The summed E-state index contributed by atoms with van der Waals surface area (Å²) in [6, 6.07) is 15.2. The highest BCUT2D eigenvalue weighted by molar-refractivity contribution is 5.63. The maximum atomic E-state index is 9.17. The van der Waals surface area contributed by atoms with Crippen LogP contribution in [0.25, 0.3) is 0 Å². The van der Waals surface area contributed by atoms with E-state index in [0.717, 1.165) is 11.3 Å². The molecule has 0 spiro atoms. The molecule has 3 rings (SSSR count). The zero-order valence-corrected chi connectivity index (χ0v) is 13.2. The first-order chi connectivity index (χ1) is 11.7. The van der Waals surface area contributed by atoms with E-state index in [1.165, 1.54) is 0 Å². The number of aromatic nitrogens is 3. The summed E-state index contributed by atoms with van der Waals surface area (Å²) in [5.74, 6) is 1.16. The lowest BCUT2D eigenvalue weighted by Gasteiger charge is -2.10. The first-order valence-electron chi connectivity index (χ1n) is 7.49. The molecule has 0 fully saturated rings. The predicted molar refractivity (Wildman–Crippen MR) is 92.8 cm³/mol. The van der Waals surface area contributed by atoms with Gasteiger partial charge in [-0.2, -0.15) is 10.2 Å². The molecule has 0 radical (unpaired) electrons. The Hall–Kier alpha value is -3.46. The molecule has 0 atom stereocenters. The van der Waals surface area contributed by atoms with E-state index < -0.39 is 0 Å². The normalized spacial score (nSPS) is 10.0. The minimum absolute atomic E-state index is 0.450. The molecule has 118 valence electrons. The highest BCUT2D eigenvalue weighted by atomic mass is 15.1. The molecule has 6 heteroatoms. The highest BCUT2D eigenvalue weighted by Crippen LogP contribution is 2.19. The fourth-order valence-corrected chi connectivity index (χ4v) is 2.22. The number of pyridine rings is 1. The van der Waals surface area contributed by atoms with E-state index in [2.05, 4.69) is 31.7 Å². The SMILES string of the molecule is Cc1cc(NCc2cccnc2)nc(Nc2ccccc2C#N)n1. The van der Waals surface area contributed by atoms with E-state index >= 15 is 0 Å². The molecule has 0 unspecified atom stereocenters. The number of rotatable bonds is 5. The fraction of sp³-hybridized carbons (Fsp3) is 0.111. The third-order valence-corrected chi connectivity index (χ3v) is 3.34. The molecular formula is C18H16N6. The van der Waals surface area contributed by atoms with Gasteiger partial charge in [-0.25, -0.2) is 4.98 Å². The summed E-state index contributed by atoms with van der Waals surface area (Å²) in [7, 11) is 0. The number of aryl methyl sites for hydroxylation is 1. The number of para-hydroxylation sites is 1. The van der Waals surface area contributed by atoms with Crippen molar-refractivity contribution in [2.24, 2.45) is 0 Å². The highest BCUT2D eigenvalue weighted by Gasteiger charge is 2.06. The lowest BCUT2D eigenvalue weighted by molar-refractivity contribution is 1.05. The van der Waals surface area contributed by atoms with Crippen LogP contribution >= 0.6 is 0 Å². The molecule has 6 nitrogen and oxygen atoms in total. The van der Waals surface area contributed by atoms with Gasteiger partial charge in [-0.1, -0.05) is 18.2 Å². The molecule has 3 aromatic rings. The summed E-state index contributed by atoms with van der Waals surface area (Å²) in [4.78, 5) is 12.9. The summed E-state index contributed by atoms with van der Waals surface area (Å²) < 4.78 is 0. The standard InChI is InChI=1S/C18H16N6/c1-13-9-17(21-12-14-5-4-8-20-11-14)24-18(22-13)23-16-7-3-2-6-15(16)10-19/h2-9,11H,12H2,1H3,(H2,21,22,23,24). The molecule has 0 aliphatic heterocycles. The van der Waals surface area contributed by atoms with Gasteiger partial charge in [-0.15, -0.1) is 0 Å². The maximum absolute atomic E-state index is 9.17. The van der Waals surface area contributed by atoms with Gasteiger partial charge in [0.1, 0.15) is 11.9 Å². The van der Waals surface area contributed by atoms with Gasteiger partial charge in [0.2, 0.25) is 5.95 Å². The third-order valence-electron chi connectivity index (χ3n) is 3.34. The minimum atomic E-state index is 0.450. The van der Waals surface area contributed by atoms with Gasteiger partial charge in [-0.3, -0.25) is 4.98 Å². The van der Waals surface area contributed by atoms with E-state index in [1.54, 1.807) is 12.3 Å². The van der Waals surface area contributed by atoms with E-state index in [0.29, 0.717) is 29.6 Å². The van der Waals surface area contributed by atoms with E-state index in [4.69, 9.17) is 5.26 Å². The Labute approximate surface area is 140 Å². The van der Waals surface area contributed by atoms with E-state index in [9.17, 15) is 0 Å². The number of hydrogen-bond donors (Lipinski definition) is 2. The quantitative estimate of drug-likeness (QED) is 0.750. The molecule has 0 aliphatic carbocycles. The predicted octanol–water partition coefficient (Wildman–Crippen LogP) is 3.41. The fourth-order valence-electron chi connectivity index (χ4n) is 2.22. The van der Waals surface area contributed by atoms with Crippen molar-refractivity contribution in [3.05, 3.63) is 71.7 Å². The molecule has 0 amide bonds. The molecule has 1 aromatic carbocycles. The van der Waals surface area contributed by atoms with Crippen LogP contribution < -0.4 is 10.6 Å². The van der Waals surface area contributed by atoms with Crippen molar-refractivity contribution in [2.75, 3.05) is 10.6 Å². The zero-order chi connectivity index (χ0) is 16.8. The van der Waals surface area contributed by atoms with Gasteiger partial charge in [0.05, 0.1) is 11.3 Å². The minimum Gasteiger partial charge on any atom is -0.366 e. The third kappa shape index (κ3) is 3.84. The van der Waals surface area contributed by atoms with Crippen molar-refractivity contribution in [3.8, 4) is 6.07 Å². The van der Waals surface area contributed by atoms with Crippen molar-refractivity contribution in [1.29, 1.82) is 5.26 Å². The number of nitrogens with one attached hydrogen (secondary N) is 2. The summed E-state index contributed by atoms with van der Waals surface area (Å²) in [6.45, 7) is 2.52. The molecule has 0 saturated carbocycles. The van der Waals surface area contributed by atoms with Crippen molar-refractivity contribution < 1.29 is 0 Å². The number of benzene rings is 1. The van der Waals surface area contributed by atoms with E-state index in [1.807, 2.05) is 49.5 Å². The average molecular weight is 316 g/mol. The van der Waals surface area contributed by atoms with Gasteiger partial charge in [0.15, 0.2) is 0 Å². The second kappa shape index (κ2) is 7.20. The van der Waals surface area contributed by atoms with Crippen molar-refractivity contribution >= 4 is 17.5 Å². The van der Waals surface area contributed by atoms with Crippen LogP contribution in [0, 0.1) is 18.3 Å². The van der Waals surface area contributed by atoms with Crippen LogP contribution in [0.2, 0.25) is 0 Å². The Balaban J connectivity index is 1.78. The number of nitrogens with zero attached hydrogens (tertiary/aromatic N) is 4. The first-order valence-corrected chi connectivity index (χ1v) is 7.49. The Kier molecular flexibility index (Phi) is 4.63. The van der Waals surface area contributed by atoms with Crippen LogP contribution in [-0.4, -0.2) is 15.0 Å². The summed E-state index contributed by atoms with van der Waals surface area (Å²) >= 11 is 0. The molecule has 2 heterocycles. The second-order valence-corrected chi connectivity index (χ2v) is 5.22. The maximum Gasteiger partial charge on any atom is 0.229 e. The molecule has 2 N–H and O–H groups in total. The van der Waals surface area contributed by atoms with Gasteiger partial charge in [0.25, 0.3) is 0 Å². The second-order valence-electron chi connectivity index (χ2n) is 5.22. The van der Waals surface area contributed by atoms with Gasteiger partial charge in [0, 0.05) is 30.7 Å². The Morgan fingerprint density at radius 2 is 2.00 bits per heavy atom. The van der Waals surface area contributed by atoms with Crippen LogP contribution in [0.4, 0.5) is 17.5 Å². The zero-order valence-electron chi connectivity index (χ0n) is 13.2. The first kappa shape index (κ1) is 15.4.